The number of thiophene rings is 1. The predicted octanol–water partition coefficient (Wildman–Crippen LogP) is 1.86. The second-order valence-electron chi connectivity index (χ2n) is 9.48. The van der Waals surface area contributed by atoms with Gasteiger partial charge in [0, 0.05) is 50.9 Å². The number of amides is 1. The highest BCUT2D eigenvalue weighted by atomic mass is 32.3. The molecular weight excluding hydrogens is 657 g/mol. The van der Waals surface area contributed by atoms with Crippen molar-refractivity contribution in [2.75, 3.05) is 47.1 Å². The summed E-state index contributed by atoms with van der Waals surface area (Å²) in [4.78, 5) is 38.9. The van der Waals surface area contributed by atoms with Gasteiger partial charge in [-0.1, -0.05) is 13.0 Å². The molecule has 0 fully saturated rings. The second-order valence-corrected chi connectivity index (χ2v) is 14.6. The van der Waals surface area contributed by atoms with Crippen molar-refractivity contribution in [2.24, 2.45) is 0 Å². The lowest BCUT2D eigenvalue weighted by atomic mass is 10.1. The quantitative estimate of drug-likeness (QED) is 0.0607. The summed E-state index contributed by atoms with van der Waals surface area (Å²) in [6.07, 6.45) is 2.66. The summed E-state index contributed by atoms with van der Waals surface area (Å²) in [5, 5.41) is 12.4. The van der Waals surface area contributed by atoms with Gasteiger partial charge in [0.15, 0.2) is 11.5 Å². The standard InChI is InChI=1S/C26H34N4O12S3/c1-4-27-20-17-29(12-6-13-39-2)45(37,38)26-19(20)16-25(43-26)44(35,36)28-23(31)11-9-18-8-10-21(22(15-18)40-3)42-24(32)7-5-14-41-30(33)34/h8-11,15-16,20,27H,4-7,12-14,17H2,1-3H3,(H,28,31)/b11-9+/t20-/m0/s1. The molecule has 2 aromatic rings. The molecule has 0 saturated carbocycles. The number of sulfonamides is 2. The minimum Gasteiger partial charge on any atom is -0.493 e. The van der Waals surface area contributed by atoms with Gasteiger partial charge in [-0.15, -0.1) is 21.5 Å². The lowest BCUT2D eigenvalue weighted by Crippen LogP contribution is -2.43. The predicted molar refractivity (Wildman–Crippen MR) is 161 cm³/mol. The van der Waals surface area contributed by atoms with Crippen LogP contribution in [0.3, 0.4) is 0 Å². The van der Waals surface area contributed by atoms with E-state index in [1.807, 2.05) is 11.6 Å². The summed E-state index contributed by atoms with van der Waals surface area (Å²) in [6.45, 7) is 2.80. The Balaban J connectivity index is 1.71. The van der Waals surface area contributed by atoms with Crippen LogP contribution in [-0.2, 0) is 39.2 Å². The second kappa shape index (κ2) is 16.1. The maximum atomic E-state index is 13.3. The first kappa shape index (κ1) is 35.9. The number of ether oxygens (including phenoxy) is 3. The van der Waals surface area contributed by atoms with Gasteiger partial charge >= 0.3 is 5.97 Å². The van der Waals surface area contributed by atoms with Crippen LogP contribution in [0, 0.1) is 10.1 Å². The van der Waals surface area contributed by atoms with E-state index >= 15 is 0 Å². The van der Waals surface area contributed by atoms with Gasteiger partial charge in [-0.2, -0.15) is 4.31 Å². The molecule has 1 aromatic heterocycles. The molecule has 1 amide bonds. The van der Waals surface area contributed by atoms with E-state index < -0.39 is 43.1 Å². The number of hydrogen-bond donors (Lipinski definition) is 2. The molecule has 1 aliphatic heterocycles. The van der Waals surface area contributed by atoms with Gasteiger partial charge < -0.3 is 24.4 Å². The van der Waals surface area contributed by atoms with Crippen LogP contribution >= 0.6 is 11.3 Å². The summed E-state index contributed by atoms with van der Waals surface area (Å²) in [5.74, 6) is -1.46. The number of fused-ring (bicyclic) bond motifs is 1. The van der Waals surface area contributed by atoms with E-state index in [9.17, 15) is 36.5 Å². The highest BCUT2D eigenvalue weighted by Gasteiger charge is 2.40. The minimum absolute atomic E-state index is 0.0617. The molecule has 0 saturated heterocycles. The zero-order valence-electron chi connectivity index (χ0n) is 24.7. The molecule has 0 unspecified atom stereocenters. The van der Waals surface area contributed by atoms with Crippen molar-refractivity contribution in [1.29, 1.82) is 0 Å². The summed E-state index contributed by atoms with van der Waals surface area (Å²) >= 11 is 0.574. The average molecular weight is 691 g/mol. The third kappa shape index (κ3) is 9.68. The number of carbonyl (C=O) groups is 2. The third-order valence-electron chi connectivity index (χ3n) is 6.31. The fourth-order valence-electron chi connectivity index (χ4n) is 4.27. The van der Waals surface area contributed by atoms with Crippen molar-refractivity contribution in [3.05, 3.63) is 51.6 Å². The number of esters is 1. The Morgan fingerprint density at radius 2 is 1.93 bits per heavy atom. The molecule has 16 nitrogen and oxygen atoms in total. The summed E-state index contributed by atoms with van der Waals surface area (Å²) < 4.78 is 71.1. The fourth-order valence-corrected chi connectivity index (χ4v) is 9.10. The number of nitrogens with one attached hydrogen (secondary N) is 2. The highest BCUT2D eigenvalue weighted by Crippen LogP contribution is 2.40. The van der Waals surface area contributed by atoms with Crippen LogP contribution in [0.5, 0.6) is 11.5 Å². The van der Waals surface area contributed by atoms with Gasteiger partial charge in [0.1, 0.15) is 8.42 Å². The minimum atomic E-state index is -4.42. The lowest BCUT2D eigenvalue weighted by Gasteiger charge is -2.32. The van der Waals surface area contributed by atoms with Crippen molar-refractivity contribution in [1.82, 2.24) is 14.3 Å². The molecule has 0 radical (unpaired) electrons. The number of hydrogen-bond acceptors (Lipinski definition) is 14. The Hall–Kier alpha value is -3.62. The van der Waals surface area contributed by atoms with E-state index in [2.05, 4.69) is 10.2 Å². The molecule has 19 heteroatoms. The Kier molecular flexibility index (Phi) is 12.8. The molecule has 0 aliphatic carbocycles. The Morgan fingerprint density at radius 3 is 2.60 bits per heavy atom. The SMILES string of the molecule is CCN[C@H]1CN(CCCOC)S(=O)(=O)c2sc(S(=O)(=O)NC(=O)/C=C/c3ccc(OC(=O)CCCO[N+](=O)[O-])c(OC)c3)cc21. The maximum Gasteiger partial charge on any atom is 0.311 e. The Bertz CT molecular complexity index is 1620. The first-order valence-electron chi connectivity index (χ1n) is 13.6. The van der Waals surface area contributed by atoms with E-state index in [1.54, 1.807) is 0 Å². The number of methoxy groups -OCH3 is 2. The van der Waals surface area contributed by atoms with Crippen LogP contribution in [0.1, 0.15) is 43.4 Å². The van der Waals surface area contributed by atoms with Crippen LogP contribution in [-0.4, -0.2) is 85.2 Å². The normalized spacial score (nSPS) is 16.2. The van der Waals surface area contributed by atoms with Crippen molar-refractivity contribution >= 4 is 49.3 Å². The first-order valence-corrected chi connectivity index (χ1v) is 17.3. The van der Waals surface area contributed by atoms with E-state index in [-0.39, 0.29) is 52.5 Å². The average Bonchev–Trinajstić information content (AvgIpc) is 3.45. The van der Waals surface area contributed by atoms with E-state index in [1.165, 1.54) is 48.9 Å². The first-order chi connectivity index (χ1) is 21.3. The summed E-state index contributed by atoms with van der Waals surface area (Å²) in [5.41, 5.74) is 0.726. The van der Waals surface area contributed by atoms with Gasteiger partial charge in [0.2, 0.25) is 0 Å². The number of carbonyl (C=O) groups excluding carboxylic acids is 2. The molecule has 248 valence electrons. The fraction of sp³-hybridized carbons (Fsp3) is 0.462. The number of rotatable bonds is 17. The van der Waals surface area contributed by atoms with Crippen molar-refractivity contribution in [3.63, 3.8) is 0 Å². The zero-order chi connectivity index (χ0) is 33.2. The number of likely N-dealkylation sites (N-methyl/N-ethyl adjacent to an activating group) is 1. The summed E-state index contributed by atoms with van der Waals surface area (Å²) in [6, 6.07) is 5.16. The Morgan fingerprint density at radius 1 is 1.18 bits per heavy atom. The van der Waals surface area contributed by atoms with Crippen LogP contribution in [0.15, 0.2) is 38.8 Å². The van der Waals surface area contributed by atoms with Crippen LogP contribution < -0.4 is 19.5 Å². The van der Waals surface area contributed by atoms with Gasteiger partial charge in [-0.25, -0.2) is 21.6 Å². The molecule has 1 atom stereocenters. The van der Waals surface area contributed by atoms with Crippen LogP contribution in [0.25, 0.3) is 6.08 Å². The van der Waals surface area contributed by atoms with Gasteiger partial charge in [0.05, 0.1) is 13.7 Å². The van der Waals surface area contributed by atoms with Crippen LogP contribution in [0.2, 0.25) is 0 Å². The Labute approximate surface area is 264 Å². The molecule has 1 aromatic carbocycles. The number of benzene rings is 1. The van der Waals surface area contributed by atoms with Crippen molar-refractivity contribution in [3.8, 4) is 11.5 Å². The van der Waals surface area contributed by atoms with Crippen molar-refractivity contribution in [2.45, 2.75) is 40.6 Å². The zero-order valence-corrected chi connectivity index (χ0v) is 27.2. The van der Waals surface area contributed by atoms with E-state index in [0.29, 0.717) is 42.0 Å². The molecule has 0 bridgehead atoms. The van der Waals surface area contributed by atoms with Crippen molar-refractivity contribution < 1.29 is 50.6 Å². The number of nitrogens with zero attached hydrogens (tertiary/aromatic N) is 2. The van der Waals surface area contributed by atoms with Crippen LogP contribution in [0.4, 0.5) is 0 Å². The molecule has 2 N–H and O–H groups in total. The van der Waals surface area contributed by atoms with Gasteiger partial charge in [-0.3, -0.25) is 9.59 Å². The van der Waals surface area contributed by atoms with E-state index in [4.69, 9.17) is 14.2 Å². The lowest BCUT2D eigenvalue weighted by molar-refractivity contribution is -0.757. The van der Waals surface area contributed by atoms with Gasteiger partial charge in [0.25, 0.3) is 31.0 Å². The monoisotopic (exact) mass is 690 g/mol. The molecule has 3 rings (SSSR count). The topological polar surface area (TPSA) is 210 Å². The maximum absolute atomic E-state index is 13.3. The largest absolute Gasteiger partial charge is 0.493 e. The molecule has 2 heterocycles. The summed E-state index contributed by atoms with van der Waals surface area (Å²) in [7, 11) is -5.55. The third-order valence-corrected chi connectivity index (χ3v) is 11.7. The molecule has 0 spiro atoms. The highest BCUT2D eigenvalue weighted by molar-refractivity contribution is 7.94. The smallest absolute Gasteiger partial charge is 0.311 e. The molecular formula is C26H34N4O12S3. The van der Waals surface area contributed by atoms with Gasteiger partial charge in [-0.05, 0) is 49.2 Å². The molecule has 1 aliphatic rings. The molecule has 45 heavy (non-hydrogen) atoms. The van der Waals surface area contributed by atoms with E-state index in [0.717, 1.165) is 6.08 Å².